The molecule has 1 atom stereocenters. The maximum absolute atomic E-state index is 13.5. The van der Waals surface area contributed by atoms with E-state index >= 15 is 0 Å². The van der Waals surface area contributed by atoms with Crippen LogP contribution in [0.3, 0.4) is 0 Å². The Kier molecular flexibility index (Phi) is 3.96. The zero-order chi connectivity index (χ0) is 14.9. The number of nitro groups is 1. The van der Waals surface area contributed by atoms with Crippen molar-refractivity contribution in [1.82, 2.24) is 0 Å². The van der Waals surface area contributed by atoms with Crippen molar-refractivity contribution in [2.45, 2.75) is 13.0 Å². The maximum atomic E-state index is 13.5. The Hall–Kier alpha value is -2.06. The summed E-state index contributed by atoms with van der Waals surface area (Å²) in [5.74, 6) is -2.07. The molecule has 0 aliphatic carbocycles. The van der Waals surface area contributed by atoms with Crippen molar-refractivity contribution in [3.63, 3.8) is 0 Å². The van der Waals surface area contributed by atoms with E-state index < -0.39 is 22.7 Å². The molecule has 2 rings (SSSR count). The normalized spacial score (nSPS) is 12.2. The third kappa shape index (κ3) is 2.91. The molecule has 106 valence electrons. The number of halogens is 2. The standard InChI is InChI=1S/C12H9F2NO4S/c1-6(16)11-5-9(15(17)18)12(20-11)19-10-3-2-7(13)4-8(10)14/h2-6,16H,1H3/t6-/m1/s1. The summed E-state index contributed by atoms with van der Waals surface area (Å²) in [6, 6.07) is 3.79. The quantitative estimate of drug-likeness (QED) is 0.689. The van der Waals surface area contributed by atoms with Crippen LogP contribution in [0.25, 0.3) is 0 Å². The molecule has 1 heterocycles. The van der Waals surface area contributed by atoms with E-state index in [-0.39, 0.29) is 16.5 Å². The lowest BCUT2D eigenvalue weighted by Crippen LogP contribution is -1.91. The molecule has 0 aliphatic heterocycles. The fourth-order valence-corrected chi connectivity index (χ4v) is 2.37. The third-order valence-electron chi connectivity index (χ3n) is 2.40. The number of rotatable bonds is 4. The molecule has 8 heteroatoms. The predicted molar refractivity (Wildman–Crippen MR) is 68.0 cm³/mol. The van der Waals surface area contributed by atoms with Gasteiger partial charge in [-0.25, -0.2) is 8.78 Å². The number of ether oxygens (including phenoxy) is 1. The highest BCUT2D eigenvalue weighted by molar-refractivity contribution is 7.14. The summed E-state index contributed by atoms with van der Waals surface area (Å²) in [5, 5.41) is 20.1. The van der Waals surface area contributed by atoms with Gasteiger partial charge in [0.25, 0.3) is 5.06 Å². The summed E-state index contributed by atoms with van der Waals surface area (Å²) in [6.45, 7) is 1.44. The van der Waals surface area contributed by atoms with Gasteiger partial charge in [0.2, 0.25) is 0 Å². The van der Waals surface area contributed by atoms with Gasteiger partial charge < -0.3 is 9.84 Å². The number of aliphatic hydroxyl groups excluding tert-OH is 1. The van der Waals surface area contributed by atoms with Crippen LogP contribution >= 0.6 is 11.3 Å². The smallest absolute Gasteiger partial charge is 0.323 e. The van der Waals surface area contributed by atoms with Crippen molar-refractivity contribution < 1.29 is 23.5 Å². The lowest BCUT2D eigenvalue weighted by Gasteiger charge is -2.04. The molecule has 20 heavy (non-hydrogen) atoms. The molecule has 1 N–H and O–H groups in total. The fourth-order valence-electron chi connectivity index (χ4n) is 1.45. The molecule has 0 spiro atoms. The van der Waals surface area contributed by atoms with E-state index in [0.717, 1.165) is 29.5 Å². The molecule has 0 saturated carbocycles. The molecule has 1 aromatic heterocycles. The van der Waals surface area contributed by atoms with Crippen LogP contribution in [0, 0.1) is 21.7 Å². The highest BCUT2D eigenvalue weighted by Crippen LogP contribution is 2.42. The SMILES string of the molecule is C[C@@H](O)c1cc([N+](=O)[O-])c(Oc2ccc(F)cc2F)s1. The molecule has 2 aromatic rings. The zero-order valence-electron chi connectivity index (χ0n) is 10.2. The summed E-state index contributed by atoms with van der Waals surface area (Å²) in [5.41, 5.74) is -0.380. The average molecular weight is 301 g/mol. The van der Waals surface area contributed by atoms with Gasteiger partial charge in [-0.2, -0.15) is 0 Å². The van der Waals surface area contributed by atoms with Crippen LogP contribution in [-0.2, 0) is 0 Å². The maximum Gasteiger partial charge on any atom is 0.323 e. The molecule has 1 aromatic carbocycles. The lowest BCUT2D eigenvalue weighted by atomic mass is 10.3. The van der Waals surface area contributed by atoms with Crippen LogP contribution in [0.5, 0.6) is 10.8 Å². The number of hydrogen-bond acceptors (Lipinski definition) is 5. The summed E-state index contributed by atoms with van der Waals surface area (Å²) in [7, 11) is 0. The fraction of sp³-hybridized carbons (Fsp3) is 0.167. The summed E-state index contributed by atoms with van der Waals surface area (Å²) in [6.07, 6.45) is -0.908. The summed E-state index contributed by atoms with van der Waals surface area (Å²) >= 11 is 0.829. The number of benzene rings is 1. The van der Waals surface area contributed by atoms with E-state index in [1.54, 1.807) is 0 Å². The van der Waals surface area contributed by atoms with Gasteiger partial charge in [0.1, 0.15) is 5.82 Å². The second-order valence-electron chi connectivity index (χ2n) is 3.93. The molecule has 0 radical (unpaired) electrons. The van der Waals surface area contributed by atoms with Crippen LogP contribution in [0.15, 0.2) is 24.3 Å². The Morgan fingerprint density at radius 1 is 1.40 bits per heavy atom. The van der Waals surface area contributed by atoms with Crippen molar-refractivity contribution in [3.8, 4) is 10.8 Å². The summed E-state index contributed by atoms with van der Waals surface area (Å²) in [4.78, 5) is 10.5. The van der Waals surface area contributed by atoms with Crippen LogP contribution in [-0.4, -0.2) is 10.0 Å². The Bertz CT molecular complexity index is 657. The van der Waals surface area contributed by atoms with Crippen LogP contribution in [0.1, 0.15) is 17.9 Å². The molecule has 0 aliphatic rings. The zero-order valence-corrected chi connectivity index (χ0v) is 11.0. The van der Waals surface area contributed by atoms with E-state index in [9.17, 15) is 24.0 Å². The second kappa shape index (κ2) is 5.51. The van der Waals surface area contributed by atoms with Gasteiger partial charge in [-0.3, -0.25) is 10.1 Å². The first-order valence-electron chi connectivity index (χ1n) is 5.47. The van der Waals surface area contributed by atoms with Crippen molar-refractivity contribution >= 4 is 17.0 Å². The van der Waals surface area contributed by atoms with E-state index in [2.05, 4.69) is 0 Å². The van der Waals surface area contributed by atoms with Gasteiger partial charge in [-0.15, -0.1) is 0 Å². The van der Waals surface area contributed by atoms with E-state index in [4.69, 9.17) is 4.74 Å². The van der Waals surface area contributed by atoms with Gasteiger partial charge in [-0.1, -0.05) is 11.3 Å². The van der Waals surface area contributed by atoms with Crippen molar-refractivity contribution in [2.24, 2.45) is 0 Å². The first-order chi connectivity index (χ1) is 9.38. The number of aliphatic hydroxyl groups is 1. The topological polar surface area (TPSA) is 72.6 Å². The Morgan fingerprint density at radius 2 is 2.10 bits per heavy atom. The molecular weight excluding hydrogens is 292 g/mol. The Morgan fingerprint density at radius 3 is 2.65 bits per heavy atom. The van der Waals surface area contributed by atoms with E-state index in [1.165, 1.54) is 6.92 Å². The number of nitrogens with zero attached hydrogens (tertiary/aromatic N) is 1. The molecule has 5 nitrogen and oxygen atoms in total. The van der Waals surface area contributed by atoms with Gasteiger partial charge >= 0.3 is 5.69 Å². The van der Waals surface area contributed by atoms with Crippen LogP contribution < -0.4 is 4.74 Å². The van der Waals surface area contributed by atoms with Crippen molar-refractivity contribution in [3.05, 3.63) is 50.9 Å². The van der Waals surface area contributed by atoms with Gasteiger partial charge in [0.05, 0.1) is 11.0 Å². The lowest BCUT2D eigenvalue weighted by molar-refractivity contribution is -0.385. The predicted octanol–water partition coefficient (Wildman–Crippen LogP) is 3.78. The van der Waals surface area contributed by atoms with Gasteiger partial charge in [0.15, 0.2) is 11.6 Å². The van der Waals surface area contributed by atoms with Crippen molar-refractivity contribution in [2.75, 3.05) is 0 Å². The Balaban J connectivity index is 2.39. The minimum atomic E-state index is -0.966. The highest BCUT2D eigenvalue weighted by atomic mass is 32.1. The average Bonchev–Trinajstić information content (AvgIpc) is 2.77. The van der Waals surface area contributed by atoms with Crippen LogP contribution in [0.4, 0.5) is 14.5 Å². The molecular formula is C12H9F2NO4S. The van der Waals surface area contributed by atoms with Crippen molar-refractivity contribution in [1.29, 1.82) is 0 Å². The molecule has 0 unspecified atom stereocenters. The third-order valence-corrected chi connectivity index (χ3v) is 3.58. The molecule has 0 fully saturated rings. The van der Waals surface area contributed by atoms with Gasteiger partial charge in [-0.05, 0) is 19.1 Å². The Labute approximate surface area is 116 Å². The summed E-state index contributed by atoms with van der Waals surface area (Å²) < 4.78 is 31.3. The molecule has 0 saturated heterocycles. The highest BCUT2D eigenvalue weighted by Gasteiger charge is 2.23. The number of thiophene rings is 1. The molecule has 0 amide bonds. The first-order valence-corrected chi connectivity index (χ1v) is 6.29. The first kappa shape index (κ1) is 14.4. The van der Waals surface area contributed by atoms with Gasteiger partial charge in [0, 0.05) is 17.0 Å². The molecule has 0 bridgehead atoms. The van der Waals surface area contributed by atoms with E-state index in [0.29, 0.717) is 10.9 Å². The monoisotopic (exact) mass is 301 g/mol. The largest absolute Gasteiger partial charge is 0.437 e. The minimum absolute atomic E-state index is 0.170. The minimum Gasteiger partial charge on any atom is -0.437 e. The van der Waals surface area contributed by atoms with Crippen LogP contribution in [0.2, 0.25) is 0 Å². The number of hydrogen-bond donors (Lipinski definition) is 1. The van der Waals surface area contributed by atoms with E-state index in [1.807, 2.05) is 0 Å². The second-order valence-corrected chi connectivity index (χ2v) is 4.98.